The molecule has 114 valence electrons. The van der Waals surface area contributed by atoms with Crippen molar-refractivity contribution in [2.75, 3.05) is 5.75 Å². The van der Waals surface area contributed by atoms with Crippen molar-refractivity contribution in [2.45, 2.75) is 18.2 Å². The molecule has 0 saturated carbocycles. The van der Waals surface area contributed by atoms with Crippen LogP contribution in [-0.4, -0.2) is 15.5 Å². The number of thioether (sulfide) groups is 1. The lowest BCUT2D eigenvalue weighted by atomic mass is 10.1. The minimum absolute atomic E-state index is 0.586. The minimum atomic E-state index is 0.586. The highest BCUT2D eigenvalue weighted by Gasteiger charge is 2.12. The normalized spacial score (nSPS) is 10.4. The Labute approximate surface area is 140 Å². The maximum absolute atomic E-state index is 9.40. The van der Waals surface area contributed by atoms with Gasteiger partial charge in [0.1, 0.15) is 11.8 Å². The van der Waals surface area contributed by atoms with Gasteiger partial charge in [-0.3, -0.25) is 0 Å². The Morgan fingerprint density at radius 2 is 1.83 bits per heavy atom. The first-order chi connectivity index (χ1) is 11.3. The third kappa shape index (κ3) is 3.46. The molecule has 0 atom stereocenters. The fourth-order valence-corrected chi connectivity index (χ4v) is 3.08. The van der Waals surface area contributed by atoms with E-state index in [9.17, 15) is 5.26 Å². The van der Waals surface area contributed by atoms with Gasteiger partial charge in [-0.1, -0.05) is 37.3 Å². The highest BCUT2D eigenvalue weighted by atomic mass is 32.2. The van der Waals surface area contributed by atoms with Gasteiger partial charge in [0.2, 0.25) is 0 Å². The molecule has 0 amide bonds. The molecular weight excluding hydrogens is 302 g/mol. The van der Waals surface area contributed by atoms with Gasteiger partial charge in [-0.2, -0.15) is 10.4 Å². The summed E-state index contributed by atoms with van der Waals surface area (Å²) in [6.45, 7) is 2.18. The molecule has 0 aliphatic rings. The van der Waals surface area contributed by atoms with Crippen molar-refractivity contribution in [2.24, 2.45) is 0 Å². The second-order valence-corrected chi connectivity index (χ2v) is 6.32. The Kier molecular flexibility index (Phi) is 4.80. The maximum atomic E-state index is 9.40. The van der Waals surface area contributed by atoms with Crippen LogP contribution < -0.4 is 0 Å². The molecule has 0 N–H and O–H groups in total. The average Bonchev–Trinajstić information content (AvgIpc) is 3.05. The Morgan fingerprint density at radius 3 is 2.48 bits per heavy atom. The first-order valence-corrected chi connectivity index (χ1v) is 8.59. The molecule has 0 radical (unpaired) electrons. The SMILES string of the molecule is CCCSc1ccc(-c2nn(-c3ccccc3)cc2C#N)cc1. The van der Waals surface area contributed by atoms with Gasteiger partial charge in [0.15, 0.2) is 0 Å². The van der Waals surface area contributed by atoms with Gasteiger partial charge in [-0.25, -0.2) is 4.68 Å². The van der Waals surface area contributed by atoms with Gasteiger partial charge in [0, 0.05) is 16.7 Å². The number of nitrogens with zero attached hydrogens (tertiary/aromatic N) is 3. The highest BCUT2D eigenvalue weighted by Crippen LogP contribution is 2.26. The largest absolute Gasteiger partial charge is 0.239 e. The molecule has 3 rings (SSSR count). The zero-order valence-corrected chi connectivity index (χ0v) is 13.8. The summed E-state index contributed by atoms with van der Waals surface area (Å²) < 4.78 is 1.76. The van der Waals surface area contributed by atoms with Crippen LogP contribution in [0.1, 0.15) is 18.9 Å². The van der Waals surface area contributed by atoms with Crippen molar-refractivity contribution in [1.82, 2.24) is 9.78 Å². The summed E-state index contributed by atoms with van der Waals surface area (Å²) >= 11 is 1.85. The van der Waals surface area contributed by atoms with Gasteiger partial charge in [-0.15, -0.1) is 11.8 Å². The van der Waals surface area contributed by atoms with Gasteiger partial charge in [0.25, 0.3) is 0 Å². The van der Waals surface area contributed by atoms with Crippen LogP contribution in [0, 0.1) is 11.3 Å². The summed E-state index contributed by atoms with van der Waals surface area (Å²) in [5.74, 6) is 1.12. The van der Waals surface area contributed by atoms with E-state index in [1.165, 1.54) is 4.90 Å². The lowest BCUT2D eigenvalue weighted by molar-refractivity contribution is 0.884. The molecule has 0 spiro atoms. The third-order valence-electron chi connectivity index (χ3n) is 3.46. The first-order valence-electron chi connectivity index (χ1n) is 7.60. The summed E-state index contributed by atoms with van der Waals surface area (Å²) in [6, 6.07) is 20.3. The smallest absolute Gasteiger partial charge is 0.111 e. The summed E-state index contributed by atoms with van der Waals surface area (Å²) in [4.78, 5) is 1.25. The van der Waals surface area contributed by atoms with Gasteiger partial charge in [-0.05, 0) is 36.4 Å². The van der Waals surface area contributed by atoms with Crippen molar-refractivity contribution in [1.29, 1.82) is 5.26 Å². The van der Waals surface area contributed by atoms with Crippen LogP contribution in [0.2, 0.25) is 0 Å². The van der Waals surface area contributed by atoms with E-state index in [0.29, 0.717) is 5.56 Å². The summed E-state index contributed by atoms with van der Waals surface area (Å²) in [7, 11) is 0. The molecule has 2 aromatic carbocycles. The predicted molar refractivity (Wildman–Crippen MR) is 94.7 cm³/mol. The summed E-state index contributed by atoms with van der Waals surface area (Å²) in [5, 5.41) is 14.0. The number of nitriles is 1. The number of aromatic nitrogens is 2. The molecular formula is C19H17N3S. The van der Waals surface area contributed by atoms with E-state index < -0.39 is 0 Å². The molecule has 0 bridgehead atoms. The maximum Gasteiger partial charge on any atom is 0.111 e. The Morgan fingerprint density at radius 1 is 1.09 bits per heavy atom. The van der Waals surface area contributed by atoms with E-state index in [1.54, 1.807) is 10.9 Å². The highest BCUT2D eigenvalue weighted by molar-refractivity contribution is 7.99. The van der Waals surface area contributed by atoms with Crippen LogP contribution in [0.15, 0.2) is 65.7 Å². The third-order valence-corrected chi connectivity index (χ3v) is 4.67. The zero-order chi connectivity index (χ0) is 16.1. The number of rotatable bonds is 5. The Balaban J connectivity index is 1.93. The van der Waals surface area contributed by atoms with Gasteiger partial charge in [0.05, 0.1) is 11.3 Å². The van der Waals surface area contributed by atoms with Gasteiger partial charge >= 0.3 is 0 Å². The van der Waals surface area contributed by atoms with Crippen LogP contribution in [-0.2, 0) is 0 Å². The fraction of sp³-hybridized carbons (Fsp3) is 0.158. The molecule has 23 heavy (non-hydrogen) atoms. The fourth-order valence-electron chi connectivity index (χ4n) is 2.31. The second-order valence-electron chi connectivity index (χ2n) is 5.16. The first kappa shape index (κ1) is 15.4. The van der Waals surface area contributed by atoms with Crippen LogP contribution in [0.3, 0.4) is 0 Å². The number of hydrogen-bond acceptors (Lipinski definition) is 3. The van der Waals surface area contributed by atoms with Crippen LogP contribution in [0.4, 0.5) is 0 Å². The quantitative estimate of drug-likeness (QED) is 0.627. The topological polar surface area (TPSA) is 41.6 Å². The molecule has 1 heterocycles. The zero-order valence-electron chi connectivity index (χ0n) is 12.9. The van der Waals surface area contributed by atoms with E-state index in [2.05, 4.69) is 30.2 Å². The molecule has 0 fully saturated rings. The van der Waals surface area contributed by atoms with Crippen molar-refractivity contribution < 1.29 is 0 Å². The molecule has 0 saturated heterocycles. The van der Waals surface area contributed by atoms with E-state index in [1.807, 2.05) is 54.2 Å². The molecule has 1 aromatic heterocycles. The van der Waals surface area contributed by atoms with Crippen molar-refractivity contribution in [3.05, 3.63) is 66.4 Å². The number of para-hydroxylation sites is 1. The average molecular weight is 319 g/mol. The Bertz CT molecular complexity index is 814. The molecule has 0 aliphatic carbocycles. The predicted octanol–water partition coefficient (Wildman–Crippen LogP) is 4.91. The molecule has 4 heteroatoms. The van der Waals surface area contributed by atoms with Crippen LogP contribution >= 0.6 is 11.8 Å². The van der Waals surface area contributed by atoms with E-state index >= 15 is 0 Å². The van der Waals surface area contributed by atoms with Crippen LogP contribution in [0.25, 0.3) is 16.9 Å². The number of hydrogen-bond donors (Lipinski definition) is 0. The molecule has 3 aromatic rings. The standard InChI is InChI=1S/C19H17N3S/c1-2-12-23-18-10-8-15(9-11-18)19-16(13-20)14-22(21-19)17-6-4-3-5-7-17/h3-11,14H,2,12H2,1H3. The minimum Gasteiger partial charge on any atom is -0.239 e. The molecule has 3 nitrogen and oxygen atoms in total. The molecule has 0 unspecified atom stereocenters. The second kappa shape index (κ2) is 7.17. The lowest BCUT2D eigenvalue weighted by Crippen LogP contribution is -1.94. The Hall–Kier alpha value is -2.51. The van der Waals surface area contributed by atoms with E-state index in [-0.39, 0.29) is 0 Å². The van der Waals surface area contributed by atoms with Crippen LogP contribution in [0.5, 0.6) is 0 Å². The van der Waals surface area contributed by atoms with Crippen molar-refractivity contribution in [3.8, 4) is 23.0 Å². The summed E-state index contributed by atoms with van der Waals surface area (Å²) in [6.07, 6.45) is 2.94. The molecule has 0 aliphatic heterocycles. The number of benzene rings is 2. The van der Waals surface area contributed by atoms with Gasteiger partial charge < -0.3 is 0 Å². The van der Waals surface area contributed by atoms with Crippen molar-refractivity contribution in [3.63, 3.8) is 0 Å². The van der Waals surface area contributed by atoms with E-state index in [0.717, 1.165) is 29.1 Å². The monoisotopic (exact) mass is 319 g/mol. The van der Waals surface area contributed by atoms with Crippen molar-refractivity contribution >= 4 is 11.8 Å². The lowest BCUT2D eigenvalue weighted by Gasteiger charge is -2.02. The van der Waals surface area contributed by atoms with E-state index in [4.69, 9.17) is 0 Å². The summed E-state index contributed by atoms with van der Waals surface area (Å²) in [5.41, 5.74) is 3.23.